The molecule has 2 N–H and O–H groups in total. The van der Waals surface area contributed by atoms with Gasteiger partial charge in [-0.15, -0.1) is 0 Å². The fraction of sp³-hybridized carbons (Fsp3) is 0.227. The van der Waals surface area contributed by atoms with Crippen molar-refractivity contribution in [2.45, 2.75) is 5.92 Å². The maximum Gasteiger partial charge on any atom is 0.256 e. The van der Waals surface area contributed by atoms with E-state index in [9.17, 15) is 10.1 Å². The van der Waals surface area contributed by atoms with Gasteiger partial charge in [-0.3, -0.25) is 10.2 Å². The van der Waals surface area contributed by atoms with Crippen molar-refractivity contribution in [2.24, 2.45) is 5.92 Å². The Morgan fingerprint density at radius 2 is 1.77 bits per heavy atom. The molecule has 1 aliphatic heterocycles. The van der Waals surface area contributed by atoms with Crippen molar-refractivity contribution in [1.82, 2.24) is 4.98 Å². The van der Waals surface area contributed by atoms with Crippen LogP contribution in [0.5, 0.6) is 23.0 Å². The summed E-state index contributed by atoms with van der Waals surface area (Å²) in [5, 5.41) is 18.8. The van der Waals surface area contributed by atoms with Crippen molar-refractivity contribution in [3.05, 3.63) is 57.9 Å². The minimum absolute atomic E-state index is 0.223. The Morgan fingerprint density at radius 1 is 1.10 bits per heavy atom. The van der Waals surface area contributed by atoms with Crippen molar-refractivity contribution < 1.29 is 18.9 Å². The zero-order chi connectivity index (χ0) is 21.4. The van der Waals surface area contributed by atoms with Gasteiger partial charge in [0, 0.05) is 11.3 Å². The van der Waals surface area contributed by atoms with Gasteiger partial charge in [-0.2, -0.15) is 5.26 Å². The third kappa shape index (κ3) is 2.83. The number of aromatic amines is 1. The summed E-state index contributed by atoms with van der Waals surface area (Å²) in [5.41, 5.74) is 1.07. The molecule has 8 heteroatoms. The lowest BCUT2D eigenvalue weighted by Crippen LogP contribution is -2.35. The highest BCUT2D eigenvalue weighted by molar-refractivity contribution is 5.93. The number of aromatic nitrogens is 1. The molecule has 0 radical (unpaired) electrons. The van der Waals surface area contributed by atoms with E-state index >= 15 is 0 Å². The first-order valence-corrected chi connectivity index (χ1v) is 9.14. The third-order valence-electron chi connectivity index (χ3n) is 5.23. The Hall–Kier alpha value is -3.99. The van der Waals surface area contributed by atoms with Gasteiger partial charge in [0.15, 0.2) is 11.5 Å². The number of nitriles is 1. The topological polar surface area (TPSA) is 117 Å². The van der Waals surface area contributed by atoms with Crippen LogP contribution in [-0.4, -0.2) is 32.2 Å². The number of hydrogen-bond donors (Lipinski definition) is 2. The summed E-state index contributed by atoms with van der Waals surface area (Å²) >= 11 is 0. The summed E-state index contributed by atoms with van der Waals surface area (Å²) in [7, 11) is 4.47. The molecule has 30 heavy (non-hydrogen) atoms. The smallest absolute Gasteiger partial charge is 0.256 e. The van der Waals surface area contributed by atoms with E-state index < -0.39 is 11.8 Å². The molecule has 1 aromatic heterocycles. The standard InChI is InChI=1S/C22H19N3O5/c1-27-15-8-11(9-16(28-2)20(15)29-3)17-13(10-23)21(24)30-19-12-6-4-5-7-14(12)25-22(26)18(17)19/h4-9,13,17,24H,1-3H3,(H,25,26). The molecule has 2 heterocycles. The molecule has 0 spiro atoms. The summed E-state index contributed by atoms with van der Waals surface area (Å²) in [6, 6.07) is 12.7. The second kappa shape index (κ2) is 7.44. The van der Waals surface area contributed by atoms with Crippen molar-refractivity contribution >= 4 is 16.8 Å². The van der Waals surface area contributed by atoms with Crippen LogP contribution >= 0.6 is 0 Å². The Kier molecular flexibility index (Phi) is 4.80. The monoisotopic (exact) mass is 405 g/mol. The number of ether oxygens (including phenoxy) is 4. The predicted octanol–water partition coefficient (Wildman–Crippen LogP) is 3.20. The lowest BCUT2D eigenvalue weighted by molar-refractivity contribution is 0.323. The second-order valence-electron chi connectivity index (χ2n) is 6.75. The molecule has 2 atom stereocenters. The Morgan fingerprint density at radius 3 is 2.37 bits per heavy atom. The van der Waals surface area contributed by atoms with Gasteiger partial charge in [0.25, 0.3) is 5.56 Å². The minimum Gasteiger partial charge on any atom is -0.493 e. The SMILES string of the molecule is COc1cc(C2c3c(c4ccccc4[nH]c3=O)OC(=N)C2C#N)cc(OC)c1OC. The number of nitrogens with zero attached hydrogens (tertiary/aromatic N) is 1. The number of hydrogen-bond acceptors (Lipinski definition) is 7. The van der Waals surface area contributed by atoms with E-state index in [1.54, 1.807) is 30.3 Å². The van der Waals surface area contributed by atoms with Crippen LogP contribution in [0.15, 0.2) is 41.2 Å². The van der Waals surface area contributed by atoms with E-state index in [0.29, 0.717) is 33.7 Å². The number of benzene rings is 2. The Labute approximate surface area is 172 Å². The molecule has 2 aromatic carbocycles. The van der Waals surface area contributed by atoms with Crippen molar-refractivity contribution in [3.63, 3.8) is 0 Å². The Balaban J connectivity index is 2.05. The molecule has 0 amide bonds. The van der Waals surface area contributed by atoms with Gasteiger partial charge in [0.2, 0.25) is 11.6 Å². The first kappa shape index (κ1) is 19.3. The average Bonchev–Trinajstić information content (AvgIpc) is 2.77. The molecule has 0 aliphatic carbocycles. The molecular weight excluding hydrogens is 386 g/mol. The molecule has 0 fully saturated rings. The fourth-order valence-electron chi connectivity index (χ4n) is 3.89. The zero-order valence-corrected chi connectivity index (χ0v) is 16.6. The van der Waals surface area contributed by atoms with Gasteiger partial charge < -0.3 is 23.9 Å². The molecule has 0 bridgehead atoms. The molecule has 8 nitrogen and oxygen atoms in total. The lowest BCUT2D eigenvalue weighted by Gasteiger charge is -2.30. The quantitative estimate of drug-likeness (QED) is 0.688. The van der Waals surface area contributed by atoms with Crippen LogP contribution in [0.1, 0.15) is 17.0 Å². The number of H-pyrrole nitrogens is 1. The van der Waals surface area contributed by atoms with Crippen LogP contribution in [0.3, 0.4) is 0 Å². The largest absolute Gasteiger partial charge is 0.493 e. The highest BCUT2D eigenvalue weighted by Crippen LogP contribution is 2.47. The van der Waals surface area contributed by atoms with Crippen LogP contribution in [0.25, 0.3) is 10.9 Å². The van der Waals surface area contributed by atoms with Gasteiger partial charge >= 0.3 is 0 Å². The van der Waals surface area contributed by atoms with Crippen LogP contribution in [0.2, 0.25) is 0 Å². The number of nitrogens with one attached hydrogen (secondary N) is 2. The number of methoxy groups -OCH3 is 3. The van der Waals surface area contributed by atoms with Crippen molar-refractivity contribution in [2.75, 3.05) is 21.3 Å². The normalized spacial score (nSPS) is 17.6. The van der Waals surface area contributed by atoms with Gasteiger partial charge in [-0.25, -0.2) is 0 Å². The van der Waals surface area contributed by atoms with Gasteiger partial charge in [0.1, 0.15) is 11.7 Å². The molecule has 0 saturated heterocycles. The maximum atomic E-state index is 13.1. The van der Waals surface area contributed by atoms with E-state index in [1.807, 2.05) is 6.07 Å². The Bertz CT molecular complexity index is 1230. The van der Waals surface area contributed by atoms with Crippen LogP contribution in [0.4, 0.5) is 0 Å². The molecular formula is C22H19N3O5. The average molecular weight is 405 g/mol. The predicted molar refractivity (Wildman–Crippen MR) is 110 cm³/mol. The summed E-state index contributed by atoms with van der Waals surface area (Å²) < 4.78 is 21.9. The highest BCUT2D eigenvalue weighted by atomic mass is 16.5. The van der Waals surface area contributed by atoms with Gasteiger partial charge in [-0.05, 0) is 29.8 Å². The summed E-state index contributed by atoms with van der Waals surface area (Å²) in [6.07, 6.45) is 0. The van der Waals surface area contributed by atoms with Crippen molar-refractivity contribution in [1.29, 1.82) is 10.7 Å². The minimum atomic E-state index is -0.998. The number of rotatable bonds is 4. The highest BCUT2D eigenvalue weighted by Gasteiger charge is 2.40. The van der Waals surface area contributed by atoms with Crippen LogP contribution in [-0.2, 0) is 0 Å². The lowest BCUT2D eigenvalue weighted by atomic mass is 9.79. The van der Waals surface area contributed by atoms with E-state index in [4.69, 9.17) is 24.4 Å². The summed E-state index contributed by atoms with van der Waals surface area (Å²) in [5.74, 6) is -0.521. The molecule has 0 saturated carbocycles. The maximum absolute atomic E-state index is 13.1. The second-order valence-corrected chi connectivity index (χ2v) is 6.75. The number of fused-ring (bicyclic) bond motifs is 3. The van der Waals surface area contributed by atoms with Crippen LogP contribution in [0, 0.1) is 22.7 Å². The summed E-state index contributed by atoms with van der Waals surface area (Å²) in [6.45, 7) is 0. The van der Waals surface area contributed by atoms with Gasteiger partial charge in [-0.1, -0.05) is 12.1 Å². The van der Waals surface area contributed by atoms with E-state index in [1.165, 1.54) is 21.3 Å². The van der Waals surface area contributed by atoms with E-state index in [0.717, 1.165) is 0 Å². The first-order chi connectivity index (χ1) is 14.5. The number of para-hydroxylation sites is 1. The summed E-state index contributed by atoms with van der Waals surface area (Å²) in [4.78, 5) is 15.9. The molecule has 4 rings (SSSR count). The molecule has 3 aromatic rings. The van der Waals surface area contributed by atoms with Crippen molar-refractivity contribution in [3.8, 4) is 29.1 Å². The molecule has 152 valence electrons. The van der Waals surface area contributed by atoms with Gasteiger partial charge in [0.05, 0.1) is 38.5 Å². The first-order valence-electron chi connectivity index (χ1n) is 9.14. The number of pyridine rings is 1. The molecule has 2 unspecified atom stereocenters. The molecule has 1 aliphatic rings. The fourth-order valence-corrected chi connectivity index (χ4v) is 3.89. The van der Waals surface area contributed by atoms with E-state index in [2.05, 4.69) is 11.1 Å². The van der Waals surface area contributed by atoms with E-state index in [-0.39, 0.29) is 22.8 Å². The third-order valence-corrected chi connectivity index (χ3v) is 5.23. The van der Waals surface area contributed by atoms with Crippen LogP contribution < -0.4 is 24.5 Å². The zero-order valence-electron chi connectivity index (χ0n) is 16.6.